The Labute approximate surface area is 116 Å². The Morgan fingerprint density at radius 3 is 2.79 bits per heavy atom. The first-order chi connectivity index (χ1) is 9.06. The molecular weight excluding hydrogens is 266 g/mol. The van der Waals surface area contributed by atoms with E-state index in [0.717, 1.165) is 0 Å². The zero-order chi connectivity index (χ0) is 14.3. The topological polar surface area (TPSA) is 69.4 Å². The summed E-state index contributed by atoms with van der Waals surface area (Å²) in [5.41, 5.74) is 0.822. The highest BCUT2D eigenvalue weighted by atomic mass is 32.2. The van der Waals surface area contributed by atoms with Crippen molar-refractivity contribution in [2.24, 2.45) is 0 Å². The van der Waals surface area contributed by atoms with Crippen LogP contribution in [0.25, 0.3) is 0 Å². The lowest BCUT2D eigenvalue weighted by Gasteiger charge is -2.10. The van der Waals surface area contributed by atoms with Gasteiger partial charge in [0, 0.05) is 11.6 Å². The fraction of sp³-hybridized carbons (Fsp3) is 0.462. The SMILES string of the molecule is CCOC(=O)C(C)SCCc1ccccc1[N+](=O)[O-]. The third-order valence-corrected chi connectivity index (χ3v) is 3.68. The number of carbonyl (C=O) groups is 1. The lowest BCUT2D eigenvalue weighted by molar-refractivity contribution is -0.385. The highest BCUT2D eigenvalue weighted by molar-refractivity contribution is 8.00. The number of ether oxygens (including phenoxy) is 1. The summed E-state index contributed by atoms with van der Waals surface area (Å²) in [6, 6.07) is 6.67. The molecule has 0 heterocycles. The van der Waals surface area contributed by atoms with Crippen LogP contribution in [-0.4, -0.2) is 28.5 Å². The van der Waals surface area contributed by atoms with Crippen LogP contribution in [0.4, 0.5) is 5.69 Å². The molecule has 104 valence electrons. The number of hydrogen-bond donors (Lipinski definition) is 0. The van der Waals surface area contributed by atoms with Crippen molar-refractivity contribution in [1.29, 1.82) is 0 Å². The average Bonchev–Trinajstić information content (AvgIpc) is 2.39. The molecule has 6 heteroatoms. The van der Waals surface area contributed by atoms with Gasteiger partial charge >= 0.3 is 5.97 Å². The standard InChI is InChI=1S/C13H17NO4S/c1-3-18-13(15)10(2)19-9-8-11-6-4-5-7-12(11)14(16)17/h4-7,10H,3,8-9H2,1-2H3. The Morgan fingerprint density at radius 1 is 1.47 bits per heavy atom. The molecule has 0 radical (unpaired) electrons. The summed E-state index contributed by atoms with van der Waals surface area (Å²) in [5.74, 6) is 0.403. The molecule has 0 N–H and O–H groups in total. The van der Waals surface area contributed by atoms with Gasteiger partial charge < -0.3 is 4.74 Å². The van der Waals surface area contributed by atoms with Crippen LogP contribution in [0.15, 0.2) is 24.3 Å². The molecule has 1 atom stereocenters. The number of aryl methyl sites for hydroxylation is 1. The quantitative estimate of drug-likeness (QED) is 0.437. The van der Waals surface area contributed by atoms with E-state index in [1.165, 1.54) is 17.8 Å². The Hall–Kier alpha value is -1.56. The number of nitro groups is 1. The number of carbonyl (C=O) groups excluding carboxylic acids is 1. The van der Waals surface area contributed by atoms with Gasteiger partial charge in [-0.15, -0.1) is 11.8 Å². The number of nitrogens with zero attached hydrogens (tertiary/aromatic N) is 1. The minimum absolute atomic E-state index is 0.131. The number of rotatable bonds is 7. The Kier molecular flexibility index (Phi) is 6.35. The molecule has 1 unspecified atom stereocenters. The molecule has 0 aliphatic carbocycles. The van der Waals surface area contributed by atoms with Crippen LogP contribution >= 0.6 is 11.8 Å². The van der Waals surface area contributed by atoms with Crippen LogP contribution in [0.5, 0.6) is 0 Å². The molecule has 0 bridgehead atoms. The van der Waals surface area contributed by atoms with Gasteiger partial charge in [-0.3, -0.25) is 14.9 Å². The summed E-state index contributed by atoms with van der Waals surface area (Å²) in [5, 5.41) is 10.6. The predicted molar refractivity (Wildman–Crippen MR) is 75.4 cm³/mol. The van der Waals surface area contributed by atoms with Gasteiger partial charge in [-0.25, -0.2) is 0 Å². The molecule has 0 saturated carbocycles. The molecule has 1 aromatic rings. The van der Waals surface area contributed by atoms with Gasteiger partial charge in [-0.1, -0.05) is 18.2 Å². The van der Waals surface area contributed by atoms with Crippen LogP contribution in [0.1, 0.15) is 19.4 Å². The van der Waals surface area contributed by atoms with E-state index in [2.05, 4.69) is 0 Å². The van der Waals surface area contributed by atoms with E-state index in [9.17, 15) is 14.9 Å². The summed E-state index contributed by atoms with van der Waals surface area (Å²) in [6.07, 6.45) is 0.561. The molecule has 0 aliphatic heterocycles. The third kappa shape index (κ3) is 4.90. The van der Waals surface area contributed by atoms with Crippen molar-refractivity contribution in [3.63, 3.8) is 0 Å². The molecule has 19 heavy (non-hydrogen) atoms. The average molecular weight is 283 g/mol. The molecule has 0 aliphatic rings. The fourth-order valence-electron chi connectivity index (χ4n) is 1.57. The lowest BCUT2D eigenvalue weighted by Crippen LogP contribution is -2.17. The van der Waals surface area contributed by atoms with Crippen LogP contribution in [0.2, 0.25) is 0 Å². The summed E-state index contributed by atoms with van der Waals surface area (Å²) in [7, 11) is 0. The predicted octanol–water partition coefficient (Wildman–Crippen LogP) is 2.82. The monoisotopic (exact) mass is 283 g/mol. The number of esters is 1. The first-order valence-electron chi connectivity index (χ1n) is 6.06. The number of nitro benzene ring substituents is 1. The van der Waals surface area contributed by atoms with Crippen LogP contribution in [-0.2, 0) is 16.0 Å². The normalized spacial score (nSPS) is 11.9. The van der Waals surface area contributed by atoms with E-state index in [1.54, 1.807) is 32.0 Å². The van der Waals surface area contributed by atoms with Gasteiger partial charge in [0.05, 0.1) is 16.8 Å². The summed E-state index contributed by atoms with van der Waals surface area (Å²) in [6.45, 7) is 3.92. The zero-order valence-electron chi connectivity index (χ0n) is 11.0. The smallest absolute Gasteiger partial charge is 0.318 e. The fourth-order valence-corrected chi connectivity index (χ4v) is 2.47. The molecule has 5 nitrogen and oxygen atoms in total. The minimum atomic E-state index is -0.380. The van der Waals surface area contributed by atoms with E-state index in [1.807, 2.05) is 0 Å². The van der Waals surface area contributed by atoms with Crippen molar-refractivity contribution in [3.8, 4) is 0 Å². The van der Waals surface area contributed by atoms with E-state index in [-0.39, 0.29) is 21.8 Å². The number of thioether (sulfide) groups is 1. The maximum absolute atomic E-state index is 11.4. The molecule has 0 fully saturated rings. The van der Waals surface area contributed by atoms with Crippen molar-refractivity contribution in [3.05, 3.63) is 39.9 Å². The largest absolute Gasteiger partial charge is 0.465 e. The van der Waals surface area contributed by atoms with Gasteiger partial charge in [-0.05, 0) is 26.0 Å². The van der Waals surface area contributed by atoms with E-state index < -0.39 is 0 Å². The maximum Gasteiger partial charge on any atom is 0.318 e. The molecule has 1 aromatic carbocycles. The van der Waals surface area contributed by atoms with Crippen molar-refractivity contribution in [2.75, 3.05) is 12.4 Å². The molecule has 0 saturated heterocycles. The van der Waals surface area contributed by atoms with Crippen LogP contribution in [0, 0.1) is 10.1 Å². The van der Waals surface area contributed by atoms with Gasteiger partial charge in [0.2, 0.25) is 0 Å². The van der Waals surface area contributed by atoms with Crippen molar-refractivity contribution >= 4 is 23.4 Å². The van der Waals surface area contributed by atoms with Gasteiger partial charge in [0.25, 0.3) is 5.69 Å². The summed E-state index contributed by atoms with van der Waals surface area (Å²) in [4.78, 5) is 21.9. The number of hydrogen-bond acceptors (Lipinski definition) is 5. The molecule has 0 spiro atoms. The molecule has 0 aromatic heterocycles. The lowest BCUT2D eigenvalue weighted by atomic mass is 10.1. The van der Waals surface area contributed by atoms with E-state index in [0.29, 0.717) is 24.3 Å². The second-order valence-corrected chi connectivity index (χ2v) is 5.35. The summed E-state index contributed by atoms with van der Waals surface area (Å²) >= 11 is 1.44. The van der Waals surface area contributed by atoms with Crippen molar-refractivity contribution < 1.29 is 14.5 Å². The Balaban J connectivity index is 2.49. The summed E-state index contributed by atoms with van der Waals surface area (Å²) < 4.78 is 4.90. The zero-order valence-corrected chi connectivity index (χ0v) is 11.8. The molecule has 1 rings (SSSR count). The van der Waals surface area contributed by atoms with Crippen LogP contribution in [0.3, 0.4) is 0 Å². The second-order valence-electron chi connectivity index (χ2n) is 3.90. The van der Waals surface area contributed by atoms with Crippen LogP contribution < -0.4 is 0 Å². The number of para-hydroxylation sites is 1. The van der Waals surface area contributed by atoms with Gasteiger partial charge in [0.15, 0.2) is 0 Å². The van der Waals surface area contributed by atoms with Crippen molar-refractivity contribution in [1.82, 2.24) is 0 Å². The van der Waals surface area contributed by atoms with Gasteiger partial charge in [-0.2, -0.15) is 0 Å². The van der Waals surface area contributed by atoms with Gasteiger partial charge in [0.1, 0.15) is 0 Å². The second kappa shape index (κ2) is 7.78. The third-order valence-electron chi connectivity index (χ3n) is 2.55. The Bertz CT molecular complexity index is 450. The molecule has 0 amide bonds. The maximum atomic E-state index is 11.4. The first-order valence-corrected chi connectivity index (χ1v) is 7.11. The van der Waals surface area contributed by atoms with E-state index >= 15 is 0 Å². The molecular formula is C13H17NO4S. The highest BCUT2D eigenvalue weighted by Gasteiger charge is 2.16. The van der Waals surface area contributed by atoms with Crippen molar-refractivity contribution in [2.45, 2.75) is 25.5 Å². The number of benzene rings is 1. The Morgan fingerprint density at radius 2 is 2.16 bits per heavy atom. The van der Waals surface area contributed by atoms with E-state index in [4.69, 9.17) is 4.74 Å². The first kappa shape index (κ1) is 15.5. The minimum Gasteiger partial charge on any atom is -0.465 e. The highest BCUT2D eigenvalue weighted by Crippen LogP contribution is 2.21.